The number of hydrogen-bond acceptors (Lipinski definition) is 3. The van der Waals surface area contributed by atoms with E-state index in [1.165, 1.54) is 25.2 Å². The average Bonchev–Trinajstić information content (AvgIpc) is 2.46. The van der Waals surface area contributed by atoms with Crippen molar-refractivity contribution in [3.8, 4) is 0 Å². The van der Waals surface area contributed by atoms with Crippen LogP contribution < -0.4 is 5.32 Å². The van der Waals surface area contributed by atoms with Crippen LogP contribution in [0.2, 0.25) is 0 Å². The molecule has 1 unspecified atom stereocenters. The maximum absolute atomic E-state index is 13.1. The van der Waals surface area contributed by atoms with E-state index in [0.717, 1.165) is 0 Å². The Hall–Kier alpha value is -1.95. The molecule has 1 saturated heterocycles. The SMILES string of the molecule is CNC(=O)C1CN(C(=O)c2ccc(F)cc2C)CCO1. The van der Waals surface area contributed by atoms with Gasteiger partial charge < -0.3 is 15.0 Å². The van der Waals surface area contributed by atoms with Crippen molar-refractivity contribution >= 4 is 11.8 Å². The second kappa shape index (κ2) is 6.00. The van der Waals surface area contributed by atoms with E-state index in [4.69, 9.17) is 4.74 Å². The number of ether oxygens (including phenoxy) is 1. The third kappa shape index (κ3) is 2.96. The fourth-order valence-corrected chi connectivity index (χ4v) is 2.19. The molecule has 20 heavy (non-hydrogen) atoms. The molecule has 1 aliphatic heterocycles. The molecule has 1 aromatic rings. The molecule has 1 aromatic carbocycles. The summed E-state index contributed by atoms with van der Waals surface area (Å²) in [4.78, 5) is 25.5. The number of hydrogen-bond donors (Lipinski definition) is 1. The maximum Gasteiger partial charge on any atom is 0.254 e. The molecule has 1 atom stereocenters. The summed E-state index contributed by atoms with van der Waals surface area (Å²) < 4.78 is 18.4. The van der Waals surface area contributed by atoms with Gasteiger partial charge in [-0.1, -0.05) is 0 Å². The number of aryl methyl sites for hydroxylation is 1. The first-order valence-corrected chi connectivity index (χ1v) is 6.41. The van der Waals surface area contributed by atoms with Crippen molar-refractivity contribution in [2.45, 2.75) is 13.0 Å². The van der Waals surface area contributed by atoms with E-state index < -0.39 is 6.10 Å². The molecule has 0 spiro atoms. The van der Waals surface area contributed by atoms with Gasteiger partial charge in [-0.15, -0.1) is 0 Å². The van der Waals surface area contributed by atoms with Crippen molar-refractivity contribution in [1.29, 1.82) is 0 Å². The minimum Gasteiger partial charge on any atom is -0.365 e. The molecule has 1 aliphatic rings. The monoisotopic (exact) mass is 280 g/mol. The fraction of sp³-hybridized carbons (Fsp3) is 0.429. The van der Waals surface area contributed by atoms with E-state index in [2.05, 4.69) is 5.32 Å². The molecule has 1 fully saturated rings. The Kier molecular flexibility index (Phi) is 4.34. The van der Waals surface area contributed by atoms with Crippen LogP contribution in [0.1, 0.15) is 15.9 Å². The van der Waals surface area contributed by atoms with Gasteiger partial charge in [-0.2, -0.15) is 0 Å². The number of carbonyl (C=O) groups is 2. The lowest BCUT2D eigenvalue weighted by molar-refractivity contribution is -0.136. The lowest BCUT2D eigenvalue weighted by Gasteiger charge is -2.32. The number of nitrogens with zero attached hydrogens (tertiary/aromatic N) is 1. The lowest BCUT2D eigenvalue weighted by Crippen LogP contribution is -2.51. The van der Waals surface area contributed by atoms with E-state index >= 15 is 0 Å². The Balaban J connectivity index is 2.14. The zero-order valence-corrected chi connectivity index (χ0v) is 11.5. The molecule has 0 bridgehead atoms. The largest absolute Gasteiger partial charge is 0.365 e. The van der Waals surface area contributed by atoms with Crippen LogP contribution in [-0.4, -0.2) is 49.6 Å². The van der Waals surface area contributed by atoms with Gasteiger partial charge in [0.2, 0.25) is 0 Å². The molecule has 2 amide bonds. The molecule has 1 heterocycles. The van der Waals surface area contributed by atoms with Crippen LogP contribution in [0.4, 0.5) is 4.39 Å². The normalized spacial score (nSPS) is 18.8. The minimum absolute atomic E-state index is 0.204. The molecule has 0 aliphatic carbocycles. The Morgan fingerprint density at radius 1 is 1.45 bits per heavy atom. The zero-order valence-electron chi connectivity index (χ0n) is 11.5. The van der Waals surface area contributed by atoms with Crippen LogP contribution in [0.15, 0.2) is 18.2 Å². The van der Waals surface area contributed by atoms with Gasteiger partial charge >= 0.3 is 0 Å². The third-order valence-electron chi connectivity index (χ3n) is 3.31. The van der Waals surface area contributed by atoms with Crippen molar-refractivity contribution in [2.75, 3.05) is 26.7 Å². The first-order valence-electron chi connectivity index (χ1n) is 6.41. The van der Waals surface area contributed by atoms with Crippen LogP contribution in [-0.2, 0) is 9.53 Å². The highest BCUT2D eigenvalue weighted by atomic mass is 19.1. The number of benzene rings is 1. The quantitative estimate of drug-likeness (QED) is 0.868. The second-order valence-electron chi connectivity index (χ2n) is 4.68. The molecular weight excluding hydrogens is 263 g/mol. The van der Waals surface area contributed by atoms with E-state index in [1.807, 2.05) is 0 Å². The van der Waals surface area contributed by atoms with E-state index in [0.29, 0.717) is 24.3 Å². The number of morpholine rings is 1. The zero-order chi connectivity index (χ0) is 14.7. The number of rotatable bonds is 2. The Bertz CT molecular complexity index is 533. The number of halogens is 1. The molecule has 0 aromatic heterocycles. The molecule has 0 radical (unpaired) electrons. The van der Waals surface area contributed by atoms with E-state index in [1.54, 1.807) is 11.8 Å². The van der Waals surface area contributed by atoms with Crippen molar-refractivity contribution in [3.63, 3.8) is 0 Å². The highest BCUT2D eigenvalue weighted by molar-refractivity contribution is 5.96. The Morgan fingerprint density at radius 3 is 2.85 bits per heavy atom. The van der Waals surface area contributed by atoms with Gasteiger partial charge in [-0.25, -0.2) is 4.39 Å². The molecule has 108 valence electrons. The standard InChI is InChI=1S/C14H17FN2O3/c1-9-7-10(15)3-4-11(9)14(19)17-5-6-20-12(8-17)13(18)16-2/h3-4,7,12H,5-6,8H2,1-2H3,(H,16,18). The molecule has 5 nitrogen and oxygen atoms in total. The van der Waals surface area contributed by atoms with Gasteiger partial charge in [0.15, 0.2) is 6.10 Å². The van der Waals surface area contributed by atoms with Crippen LogP contribution in [0.5, 0.6) is 0 Å². The van der Waals surface area contributed by atoms with Gasteiger partial charge in [0.25, 0.3) is 11.8 Å². The summed E-state index contributed by atoms with van der Waals surface area (Å²) in [6.07, 6.45) is -0.654. The minimum atomic E-state index is -0.654. The lowest BCUT2D eigenvalue weighted by atomic mass is 10.1. The average molecular weight is 280 g/mol. The summed E-state index contributed by atoms with van der Waals surface area (Å²) in [5, 5.41) is 2.50. The van der Waals surface area contributed by atoms with Crippen LogP contribution in [0.25, 0.3) is 0 Å². The molecule has 2 rings (SSSR count). The van der Waals surface area contributed by atoms with Gasteiger partial charge in [-0.3, -0.25) is 9.59 Å². The van der Waals surface area contributed by atoms with Crippen LogP contribution in [0, 0.1) is 12.7 Å². The predicted molar refractivity (Wildman–Crippen MR) is 70.8 cm³/mol. The van der Waals surface area contributed by atoms with Gasteiger partial charge in [-0.05, 0) is 30.7 Å². The molecule has 6 heteroatoms. The summed E-state index contributed by atoms with van der Waals surface area (Å²) in [6, 6.07) is 4.05. The molecule has 1 N–H and O–H groups in total. The predicted octanol–water partition coefficient (Wildman–Crippen LogP) is 0.721. The Morgan fingerprint density at radius 2 is 2.20 bits per heavy atom. The number of nitrogens with one attached hydrogen (secondary N) is 1. The van der Waals surface area contributed by atoms with Crippen molar-refractivity contribution in [1.82, 2.24) is 10.2 Å². The van der Waals surface area contributed by atoms with Gasteiger partial charge in [0, 0.05) is 19.2 Å². The van der Waals surface area contributed by atoms with Crippen molar-refractivity contribution in [2.24, 2.45) is 0 Å². The summed E-state index contributed by atoms with van der Waals surface area (Å²) >= 11 is 0. The number of carbonyl (C=O) groups excluding carboxylic acids is 2. The third-order valence-corrected chi connectivity index (χ3v) is 3.31. The van der Waals surface area contributed by atoms with Crippen molar-refractivity contribution < 1.29 is 18.7 Å². The highest BCUT2D eigenvalue weighted by Crippen LogP contribution is 2.15. The highest BCUT2D eigenvalue weighted by Gasteiger charge is 2.29. The second-order valence-corrected chi connectivity index (χ2v) is 4.68. The Labute approximate surface area is 116 Å². The number of amides is 2. The van der Waals surface area contributed by atoms with Gasteiger partial charge in [0.05, 0.1) is 13.2 Å². The summed E-state index contributed by atoms with van der Waals surface area (Å²) in [7, 11) is 1.52. The maximum atomic E-state index is 13.1. The van der Waals surface area contributed by atoms with E-state index in [-0.39, 0.29) is 24.2 Å². The summed E-state index contributed by atoms with van der Waals surface area (Å²) in [5.41, 5.74) is 1.03. The van der Waals surface area contributed by atoms with E-state index in [9.17, 15) is 14.0 Å². The van der Waals surface area contributed by atoms with Crippen LogP contribution >= 0.6 is 0 Å². The number of likely N-dealkylation sites (N-methyl/N-ethyl adjacent to an activating group) is 1. The van der Waals surface area contributed by atoms with Crippen LogP contribution in [0.3, 0.4) is 0 Å². The molecular formula is C14H17FN2O3. The smallest absolute Gasteiger partial charge is 0.254 e. The van der Waals surface area contributed by atoms with Gasteiger partial charge in [0.1, 0.15) is 5.82 Å². The van der Waals surface area contributed by atoms with Crippen molar-refractivity contribution in [3.05, 3.63) is 35.1 Å². The summed E-state index contributed by atoms with van der Waals surface area (Å²) in [6.45, 7) is 2.62. The topological polar surface area (TPSA) is 58.6 Å². The first kappa shape index (κ1) is 14.5. The first-order chi connectivity index (χ1) is 9.52. The fourth-order valence-electron chi connectivity index (χ4n) is 2.19. The summed E-state index contributed by atoms with van der Waals surface area (Å²) in [5.74, 6) is -0.831. The molecule has 0 saturated carbocycles.